The van der Waals surface area contributed by atoms with Crippen molar-refractivity contribution in [3.05, 3.63) is 48.0 Å². The van der Waals surface area contributed by atoms with Gasteiger partial charge in [-0.3, -0.25) is 4.79 Å². The number of carboxylic acids is 1. The minimum atomic E-state index is -1.14. The molecule has 0 aromatic heterocycles. The van der Waals surface area contributed by atoms with E-state index in [4.69, 9.17) is 9.84 Å². The Balaban J connectivity index is 2.36. The van der Waals surface area contributed by atoms with Crippen LogP contribution in [-0.4, -0.2) is 36.1 Å². The summed E-state index contributed by atoms with van der Waals surface area (Å²) < 4.78 is 4.79. The van der Waals surface area contributed by atoms with Crippen molar-refractivity contribution in [1.29, 1.82) is 0 Å². The highest BCUT2D eigenvalue weighted by molar-refractivity contribution is 6.04. The van der Waals surface area contributed by atoms with Crippen molar-refractivity contribution >= 4 is 17.8 Å². The SMILES string of the molecule is C=CC(=O)OCCCCNC(=O)c1ccccc1C(=O)O. The molecule has 0 aliphatic rings. The summed E-state index contributed by atoms with van der Waals surface area (Å²) in [6.07, 6.45) is 2.30. The second-order valence-corrected chi connectivity index (χ2v) is 4.19. The van der Waals surface area contributed by atoms with Crippen molar-refractivity contribution in [2.24, 2.45) is 0 Å². The summed E-state index contributed by atoms with van der Waals surface area (Å²) in [6, 6.07) is 6.01. The van der Waals surface area contributed by atoms with Gasteiger partial charge in [-0.1, -0.05) is 18.7 Å². The number of amides is 1. The smallest absolute Gasteiger partial charge is 0.336 e. The van der Waals surface area contributed by atoms with Crippen molar-refractivity contribution in [3.8, 4) is 0 Å². The van der Waals surface area contributed by atoms with Crippen LogP contribution in [0.15, 0.2) is 36.9 Å². The van der Waals surface area contributed by atoms with Gasteiger partial charge >= 0.3 is 11.9 Å². The van der Waals surface area contributed by atoms with Gasteiger partial charge in [-0.2, -0.15) is 0 Å². The first-order valence-electron chi connectivity index (χ1n) is 6.46. The van der Waals surface area contributed by atoms with Crippen molar-refractivity contribution in [2.45, 2.75) is 12.8 Å². The molecule has 6 heteroatoms. The molecule has 0 heterocycles. The molecule has 0 spiro atoms. The Labute approximate surface area is 122 Å². The molecule has 112 valence electrons. The van der Waals surface area contributed by atoms with Crippen LogP contribution < -0.4 is 5.32 Å². The number of hydrogen-bond acceptors (Lipinski definition) is 4. The van der Waals surface area contributed by atoms with Gasteiger partial charge in [0.2, 0.25) is 0 Å². The normalized spacial score (nSPS) is 9.71. The molecule has 6 nitrogen and oxygen atoms in total. The van der Waals surface area contributed by atoms with Crippen molar-refractivity contribution in [1.82, 2.24) is 5.32 Å². The number of hydrogen-bond donors (Lipinski definition) is 2. The maximum Gasteiger partial charge on any atom is 0.336 e. The maximum atomic E-state index is 11.9. The number of esters is 1. The van der Waals surface area contributed by atoms with Crippen LogP contribution >= 0.6 is 0 Å². The van der Waals surface area contributed by atoms with Crippen molar-refractivity contribution in [3.63, 3.8) is 0 Å². The number of nitrogens with one attached hydrogen (secondary N) is 1. The van der Waals surface area contributed by atoms with Gasteiger partial charge in [-0.25, -0.2) is 9.59 Å². The summed E-state index contributed by atoms with van der Waals surface area (Å²) in [4.78, 5) is 33.7. The van der Waals surface area contributed by atoms with Gasteiger partial charge in [-0.15, -0.1) is 0 Å². The molecule has 1 rings (SSSR count). The number of carbonyl (C=O) groups excluding carboxylic acids is 2. The lowest BCUT2D eigenvalue weighted by molar-refractivity contribution is -0.137. The molecule has 0 unspecified atom stereocenters. The van der Waals surface area contributed by atoms with E-state index < -0.39 is 17.8 Å². The predicted octanol–water partition coefficient (Wildman–Crippen LogP) is 1.62. The molecule has 1 aromatic rings. The van der Waals surface area contributed by atoms with E-state index in [0.717, 1.165) is 6.08 Å². The number of aromatic carboxylic acids is 1. The van der Waals surface area contributed by atoms with E-state index in [1.807, 2.05) is 0 Å². The Morgan fingerprint density at radius 3 is 2.48 bits per heavy atom. The molecule has 0 fully saturated rings. The monoisotopic (exact) mass is 291 g/mol. The summed E-state index contributed by atoms with van der Waals surface area (Å²) in [5.74, 6) is -2.05. The molecule has 0 saturated heterocycles. The van der Waals surface area contributed by atoms with Crippen LogP contribution in [0.2, 0.25) is 0 Å². The van der Waals surface area contributed by atoms with Crippen molar-refractivity contribution in [2.75, 3.05) is 13.2 Å². The third kappa shape index (κ3) is 5.48. The van der Waals surface area contributed by atoms with Crippen LogP contribution in [0, 0.1) is 0 Å². The molecular formula is C15H17NO5. The number of carbonyl (C=O) groups is 3. The quantitative estimate of drug-likeness (QED) is 0.431. The molecule has 1 amide bonds. The summed E-state index contributed by atoms with van der Waals surface area (Å²) >= 11 is 0. The van der Waals surface area contributed by atoms with Gasteiger partial charge in [0.15, 0.2) is 0 Å². The lowest BCUT2D eigenvalue weighted by atomic mass is 10.1. The number of unbranched alkanes of at least 4 members (excludes halogenated alkanes) is 1. The molecule has 0 radical (unpaired) electrons. The lowest BCUT2D eigenvalue weighted by Gasteiger charge is -2.07. The molecule has 0 aliphatic heterocycles. The van der Waals surface area contributed by atoms with E-state index in [2.05, 4.69) is 11.9 Å². The number of benzene rings is 1. The minimum Gasteiger partial charge on any atom is -0.478 e. The highest BCUT2D eigenvalue weighted by atomic mass is 16.5. The first-order valence-corrected chi connectivity index (χ1v) is 6.46. The van der Waals surface area contributed by atoms with E-state index >= 15 is 0 Å². The average Bonchev–Trinajstić information content (AvgIpc) is 2.50. The summed E-state index contributed by atoms with van der Waals surface area (Å²) in [7, 11) is 0. The summed E-state index contributed by atoms with van der Waals surface area (Å²) in [5, 5.41) is 11.6. The van der Waals surface area contributed by atoms with Crippen LogP contribution in [0.5, 0.6) is 0 Å². The fourth-order valence-electron chi connectivity index (χ4n) is 1.62. The van der Waals surface area contributed by atoms with Crippen LogP contribution in [0.4, 0.5) is 0 Å². The van der Waals surface area contributed by atoms with Gasteiger partial charge in [0.25, 0.3) is 5.91 Å². The zero-order valence-electron chi connectivity index (χ0n) is 11.5. The highest BCUT2D eigenvalue weighted by Gasteiger charge is 2.14. The van der Waals surface area contributed by atoms with Crippen LogP contribution in [0.1, 0.15) is 33.6 Å². The molecule has 0 atom stereocenters. The molecule has 21 heavy (non-hydrogen) atoms. The Morgan fingerprint density at radius 1 is 1.19 bits per heavy atom. The third-order valence-electron chi connectivity index (χ3n) is 2.67. The van der Waals surface area contributed by atoms with Gasteiger partial charge < -0.3 is 15.2 Å². The molecule has 0 bridgehead atoms. The fraction of sp³-hybridized carbons (Fsp3) is 0.267. The highest BCUT2D eigenvalue weighted by Crippen LogP contribution is 2.08. The van der Waals surface area contributed by atoms with Gasteiger partial charge in [0.05, 0.1) is 17.7 Å². The number of ether oxygens (including phenoxy) is 1. The van der Waals surface area contributed by atoms with E-state index in [0.29, 0.717) is 19.4 Å². The van der Waals surface area contributed by atoms with Crippen LogP contribution in [0.3, 0.4) is 0 Å². The number of rotatable bonds is 8. The minimum absolute atomic E-state index is 0.0325. The van der Waals surface area contributed by atoms with Gasteiger partial charge in [0.1, 0.15) is 0 Å². The Kier molecular flexibility index (Phi) is 6.67. The van der Waals surface area contributed by atoms with Crippen LogP contribution in [-0.2, 0) is 9.53 Å². The molecule has 0 aliphatic carbocycles. The Bertz CT molecular complexity index is 539. The first kappa shape index (κ1) is 16.4. The van der Waals surface area contributed by atoms with Crippen molar-refractivity contribution < 1.29 is 24.2 Å². The van der Waals surface area contributed by atoms with Gasteiger partial charge in [-0.05, 0) is 25.0 Å². The second-order valence-electron chi connectivity index (χ2n) is 4.19. The van der Waals surface area contributed by atoms with E-state index in [9.17, 15) is 14.4 Å². The third-order valence-corrected chi connectivity index (χ3v) is 2.67. The summed E-state index contributed by atoms with van der Waals surface area (Å²) in [6.45, 7) is 3.91. The molecular weight excluding hydrogens is 274 g/mol. The maximum absolute atomic E-state index is 11.9. The largest absolute Gasteiger partial charge is 0.478 e. The van der Waals surface area contributed by atoms with E-state index in [-0.39, 0.29) is 17.7 Å². The zero-order valence-corrected chi connectivity index (χ0v) is 11.5. The van der Waals surface area contributed by atoms with Gasteiger partial charge in [0, 0.05) is 12.6 Å². The average molecular weight is 291 g/mol. The zero-order chi connectivity index (χ0) is 15.7. The Morgan fingerprint density at radius 2 is 1.86 bits per heavy atom. The molecule has 0 saturated carbocycles. The fourth-order valence-corrected chi connectivity index (χ4v) is 1.62. The predicted molar refractivity (Wildman–Crippen MR) is 76.1 cm³/mol. The van der Waals surface area contributed by atoms with Crippen LogP contribution in [0.25, 0.3) is 0 Å². The van der Waals surface area contributed by atoms with E-state index in [1.165, 1.54) is 12.1 Å². The standard InChI is InChI=1S/C15H17NO5/c1-2-13(17)21-10-6-5-9-16-14(18)11-7-3-4-8-12(11)15(19)20/h2-4,7-8H,1,5-6,9-10H2,(H,16,18)(H,19,20). The first-order chi connectivity index (χ1) is 10.1. The number of carboxylic acid groups (broad SMARTS) is 1. The second kappa shape index (κ2) is 8.52. The lowest BCUT2D eigenvalue weighted by Crippen LogP contribution is -2.26. The molecule has 1 aromatic carbocycles. The van der Waals surface area contributed by atoms with E-state index in [1.54, 1.807) is 12.1 Å². The molecule has 2 N–H and O–H groups in total. The topological polar surface area (TPSA) is 92.7 Å². The summed E-state index contributed by atoms with van der Waals surface area (Å²) in [5.41, 5.74) is 0.0954. The Hall–Kier alpha value is -2.63.